The standard InChI is InChI=1S/C12H38O5Si6/c1-19(2,3)13-18-14-23(15-20(4,5)6,16-21(7,8)9)17-22(10,11)12/h18H2,1-12H3. The van der Waals surface area contributed by atoms with Gasteiger partial charge in [-0.3, -0.25) is 0 Å². The van der Waals surface area contributed by atoms with Crippen LogP contribution in [0.5, 0.6) is 0 Å². The van der Waals surface area contributed by atoms with Crippen LogP contribution >= 0.6 is 0 Å². The lowest BCUT2D eigenvalue weighted by Gasteiger charge is -2.41. The molecule has 23 heavy (non-hydrogen) atoms. The molecule has 0 N–H and O–H groups in total. The molecule has 0 unspecified atom stereocenters. The van der Waals surface area contributed by atoms with Crippen LogP contribution in [0.3, 0.4) is 0 Å². The van der Waals surface area contributed by atoms with E-state index in [2.05, 4.69) is 78.6 Å². The van der Waals surface area contributed by atoms with Gasteiger partial charge in [0.1, 0.15) is 0 Å². The van der Waals surface area contributed by atoms with E-state index in [0.29, 0.717) is 0 Å². The second-order valence-corrected chi connectivity index (χ2v) is 32.6. The fourth-order valence-corrected chi connectivity index (χ4v) is 17.2. The Bertz CT molecular complexity index is 325. The fraction of sp³-hybridized carbons (Fsp3) is 1.00. The Balaban J connectivity index is 5.45. The molecule has 0 heterocycles. The van der Waals surface area contributed by atoms with E-state index in [1.807, 2.05) is 0 Å². The van der Waals surface area contributed by atoms with Gasteiger partial charge in [0.15, 0.2) is 33.3 Å². The highest BCUT2D eigenvalue weighted by Gasteiger charge is 2.53. The van der Waals surface area contributed by atoms with Crippen LogP contribution in [0.15, 0.2) is 0 Å². The van der Waals surface area contributed by atoms with Crippen molar-refractivity contribution in [3.63, 3.8) is 0 Å². The molecule has 0 saturated carbocycles. The van der Waals surface area contributed by atoms with Gasteiger partial charge in [-0.2, -0.15) is 0 Å². The molecule has 0 radical (unpaired) electrons. The Morgan fingerprint density at radius 2 is 0.739 bits per heavy atom. The van der Waals surface area contributed by atoms with E-state index >= 15 is 0 Å². The monoisotopic (exact) mass is 430 g/mol. The van der Waals surface area contributed by atoms with E-state index < -0.39 is 52.3 Å². The highest BCUT2D eigenvalue weighted by atomic mass is 28.5. The zero-order chi connectivity index (χ0) is 18.7. The van der Waals surface area contributed by atoms with Crippen LogP contribution in [0.2, 0.25) is 78.6 Å². The van der Waals surface area contributed by atoms with Gasteiger partial charge in [-0.15, -0.1) is 0 Å². The molecule has 0 aliphatic carbocycles. The molecule has 0 rings (SSSR count). The largest absolute Gasteiger partial charge is 0.638 e. The predicted octanol–water partition coefficient (Wildman–Crippen LogP) is 3.84. The highest BCUT2D eigenvalue weighted by Crippen LogP contribution is 2.26. The van der Waals surface area contributed by atoms with Gasteiger partial charge < -0.3 is 20.6 Å². The molecule has 0 fully saturated rings. The Morgan fingerprint density at radius 3 is 0.957 bits per heavy atom. The van der Waals surface area contributed by atoms with Gasteiger partial charge >= 0.3 is 9.05 Å². The molecule has 0 aromatic rings. The van der Waals surface area contributed by atoms with Crippen molar-refractivity contribution < 1.29 is 20.6 Å². The maximum Gasteiger partial charge on any atom is 0.638 e. The van der Waals surface area contributed by atoms with E-state index in [-0.39, 0.29) is 0 Å². The van der Waals surface area contributed by atoms with Crippen molar-refractivity contribution in [1.29, 1.82) is 0 Å². The normalized spacial score (nSPS) is 15.7. The third kappa shape index (κ3) is 14.0. The average molecular weight is 431 g/mol. The van der Waals surface area contributed by atoms with Crippen LogP contribution in [-0.2, 0) is 20.6 Å². The molecule has 0 amide bonds. The minimum atomic E-state index is -3.16. The summed E-state index contributed by atoms with van der Waals surface area (Å²) < 4.78 is 31.6. The second kappa shape index (κ2) is 8.20. The summed E-state index contributed by atoms with van der Waals surface area (Å²) in [5.41, 5.74) is 0. The molecule has 11 heteroatoms. The van der Waals surface area contributed by atoms with E-state index in [4.69, 9.17) is 20.6 Å². The lowest BCUT2D eigenvalue weighted by molar-refractivity contribution is 0.147. The Kier molecular flexibility index (Phi) is 8.59. The van der Waals surface area contributed by atoms with E-state index in [1.165, 1.54) is 0 Å². The van der Waals surface area contributed by atoms with Gasteiger partial charge in [0.2, 0.25) is 0 Å². The molecular formula is C12H38O5Si6. The average Bonchev–Trinajstić information content (AvgIpc) is 2.03. The summed E-state index contributed by atoms with van der Waals surface area (Å²) in [5.74, 6) is 0. The maximum absolute atomic E-state index is 6.44. The van der Waals surface area contributed by atoms with E-state index in [9.17, 15) is 0 Å². The molecule has 5 nitrogen and oxygen atoms in total. The summed E-state index contributed by atoms with van der Waals surface area (Å²) in [7, 11) is -11.6. The third-order valence-electron chi connectivity index (χ3n) is 2.02. The predicted molar refractivity (Wildman–Crippen MR) is 113 cm³/mol. The summed E-state index contributed by atoms with van der Waals surface area (Å²) in [6, 6.07) is 0. The first-order chi connectivity index (χ1) is 9.83. The molecule has 0 bridgehead atoms. The number of rotatable bonds is 10. The van der Waals surface area contributed by atoms with Crippen molar-refractivity contribution in [1.82, 2.24) is 0 Å². The van der Waals surface area contributed by atoms with Gasteiger partial charge in [0, 0.05) is 0 Å². The molecule has 0 spiro atoms. The quantitative estimate of drug-likeness (QED) is 0.493. The third-order valence-corrected chi connectivity index (χ3v) is 18.2. The number of hydrogen-bond acceptors (Lipinski definition) is 5. The smallest absolute Gasteiger partial charge is 0.441 e. The zero-order valence-corrected chi connectivity index (χ0v) is 23.7. The minimum Gasteiger partial charge on any atom is -0.441 e. The summed E-state index contributed by atoms with van der Waals surface area (Å²) in [4.78, 5) is 0. The van der Waals surface area contributed by atoms with Crippen LogP contribution in [0.25, 0.3) is 0 Å². The Labute approximate surface area is 151 Å². The molecule has 0 aliphatic rings. The summed E-state index contributed by atoms with van der Waals surface area (Å²) in [5, 5.41) is 0. The summed E-state index contributed by atoms with van der Waals surface area (Å²) in [6.45, 7) is 25.9. The lowest BCUT2D eigenvalue weighted by atomic mass is 11.8. The molecular weight excluding hydrogens is 393 g/mol. The molecule has 140 valence electrons. The topological polar surface area (TPSA) is 46.2 Å². The first-order valence-corrected chi connectivity index (χ1v) is 24.6. The van der Waals surface area contributed by atoms with Crippen molar-refractivity contribution in [2.75, 3.05) is 0 Å². The Hall–Kier alpha value is 1.10. The summed E-state index contributed by atoms with van der Waals surface area (Å²) in [6.07, 6.45) is 0. The fourth-order valence-electron chi connectivity index (χ4n) is 1.55. The van der Waals surface area contributed by atoms with Crippen molar-refractivity contribution in [3.05, 3.63) is 0 Å². The van der Waals surface area contributed by atoms with Crippen molar-refractivity contribution in [2.45, 2.75) is 78.6 Å². The van der Waals surface area contributed by atoms with E-state index in [1.54, 1.807) is 0 Å². The summed E-state index contributed by atoms with van der Waals surface area (Å²) >= 11 is 0. The van der Waals surface area contributed by atoms with Gasteiger partial charge in [-0.1, -0.05) is 0 Å². The van der Waals surface area contributed by atoms with Gasteiger partial charge in [0.25, 0.3) is 10.0 Å². The lowest BCUT2D eigenvalue weighted by Crippen LogP contribution is -2.63. The maximum atomic E-state index is 6.44. The van der Waals surface area contributed by atoms with Crippen molar-refractivity contribution in [2.24, 2.45) is 0 Å². The van der Waals surface area contributed by atoms with Gasteiger partial charge in [-0.05, 0) is 78.6 Å². The van der Waals surface area contributed by atoms with Crippen LogP contribution in [0.1, 0.15) is 0 Å². The first-order valence-electron chi connectivity index (χ1n) is 8.21. The Morgan fingerprint density at radius 1 is 0.435 bits per heavy atom. The molecule has 0 aromatic carbocycles. The molecule has 0 saturated heterocycles. The molecule has 0 atom stereocenters. The van der Waals surface area contributed by atoms with Gasteiger partial charge in [0.05, 0.1) is 0 Å². The van der Waals surface area contributed by atoms with E-state index in [0.717, 1.165) is 0 Å². The van der Waals surface area contributed by atoms with Crippen LogP contribution in [-0.4, -0.2) is 52.3 Å². The van der Waals surface area contributed by atoms with Crippen LogP contribution in [0, 0.1) is 0 Å². The van der Waals surface area contributed by atoms with Crippen molar-refractivity contribution in [3.8, 4) is 0 Å². The molecule has 0 aromatic heterocycles. The highest BCUT2D eigenvalue weighted by molar-refractivity contribution is 6.89. The SMILES string of the molecule is C[Si](C)(C)O[SiH2]O[Si](O[Si](C)(C)C)(O[Si](C)(C)C)O[Si](C)(C)C. The second-order valence-electron chi connectivity index (χ2n) is 9.66. The first kappa shape index (κ1) is 24.1. The van der Waals surface area contributed by atoms with Crippen LogP contribution in [0.4, 0.5) is 0 Å². The van der Waals surface area contributed by atoms with Crippen molar-refractivity contribution >= 4 is 52.3 Å². The van der Waals surface area contributed by atoms with Gasteiger partial charge in [-0.25, -0.2) is 0 Å². The number of hydrogen-bond donors (Lipinski definition) is 0. The molecule has 0 aliphatic heterocycles. The zero-order valence-electron chi connectivity index (χ0n) is 17.2. The van der Waals surface area contributed by atoms with Crippen LogP contribution < -0.4 is 0 Å². The minimum absolute atomic E-state index is 1.19.